The third-order valence-electron chi connectivity index (χ3n) is 5.36. The van der Waals surface area contributed by atoms with Gasteiger partial charge in [-0.2, -0.15) is 0 Å². The van der Waals surface area contributed by atoms with E-state index in [2.05, 4.69) is 0 Å². The first kappa shape index (κ1) is 21.9. The molecule has 0 N–H and O–H groups in total. The Morgan fingerprint density at radius 1 is 0.759 bits per heavy atom. The lowest BCUT2D eigenvalue weighted by atomic mass is 9.66. The minimum absolute atomic E-state index is 0.225. The largest absolute Gasteiger partial charge is 0.376 e. The van der Waals surface area contributed by atoms with Crippen LogP contribution in [0.1, 0.15) is 25.0 Å². The van der Waals surface area contributed by atoms with Crippen molar-refractivity contribution in [3.05, 3.63) is 71.8 Å². The van der Waals surface area contributed by atoms with Gasteiger partial charge in [0.15, 0.2) is 6.17 Å². The molecule has 0 aromatic heterocycles. The normalized spacial score (nSPS) is 22.9. The molecule has 1 saturated carbocycles. The SMILES string of the molecule is CCOC1(OCC)C(COCc2ccccc2)C(COCc2ccccc2)[C@H]1F. The van der Waals surface area contributed by atoms with Crippen LogP contribution in [0, 0.1) is 11.8 Å². The van der Waals surface area contributed by atoms with Gasteiger partial charge in [0.1, 0.15) is 0 Å². The van der Waals surface area contributed by atoms with Crippen LogP contribution in [0.4, 0.5) is 4.39 Å². The highest BCUT2D eigenvalue weighted by atomic mass is 19.1. The number of benzene rings is 2. The number of hydrogen-bond donors (Lipinski definition) is 0. The van der Waals surface area contributed by atoms with E-state index in [1.54, 1.807) is 0 Å². The van der Waals surface area contributed by atoms with Crippen molar-refractivity contribution in [3.8, 4) is 0 Å². The van der Waals surface area contributed by atoms with Crippen molar-refractivity contribution in [1.82, 2.24) is 0 Å². The third kappa shape index (κ3) is 5.23. The van der Waals surface area contributed by atoms with Gasteiger partial charge in [0.25, 0.3) is 0 Å². The van der Waals surface area contributed by atoms with Gasteiger partial charge in [-0.25, -0.2) is 4.39 Å². The standard InChI is InChI=1S/C24H31FO4/c1-3-28-24(29-4-2)22(18-27-16-20-13-9-6-10-14-20)21(23(24)25)17-26-15-19-11-7-5-8-12-19/h5-14,21-23H,3-4,15-18H2,1-2H3/t21?,22?,23-/m1/s1. The van der Waals surface area contributed by atoms with Gasteiger partial charge in [-0.05, 0) is 25.0 Å². The zero-order valence-corrected chi connectivity index (χ0v) is 17.3. The Hall–Kier alpha value is -1.79. The van der Waals surface area contributed by atoms with E-state index < -0.39 is 12.0 Å². The lowest BCUT2D eigenvalue weighted by molar-refractivity contribution is -0.376. The highest BCUT2D eigenvalue weighted by molar-refractivity contribution is 5.14. The molecule has 5 heteroatoms. The average Bonchev–Trinajstić information content (AvgIpc) is 2.76. The first-order chi connectivity index (χ1) is 14.2. The van der Waals surface area contributed by atoms with Crippen LogP contribution in [0.15, 0.2) is 60.7 Å². The van der Waals surface area contributed by atoms with E-state index in [0.717, 1.165) is 11.1 Å². The fraction of sp³-hybridized carbons (Fsp3) is 0.500. The predicted molar refractivity (Wildman–Crippen MR) is 110 cm³/mol. The van der Waals surface area contributed by atoms with Crippen molar-refractivity contribution in [2.45, 2.75) is 39.0 Å². The zero-order chi connectivity index (χ0) is 20.5. The monoisotopic (exact) mass is 402 g/mol. The molecule has 0 radical (unpaired) electrons. The molecule has 158 valence electrons. The summed E-state index contributed by atoms with van der Waals surface area (Å²) in [6.45, 7) is 6.06. The van der Waals surface area contributed by atoms with Crippen LogP contribution < -0.4 is 0 Å². The number of ether oxygens (including phenoxy) is 4. The molecule has 3 rings (SSSR count). The Balaban J connectivity index is 1.61. The summed E-state index contributed by atoms with van der Waals surface area (Å²) in [5.74, 6) is -1.80. The molecular weight excluding hydrogens is 371 g/mol. The van der Waals surface area contributed by atoms with Gasteiger partial charge >= 0.3 is 0 Å². The van der Waals surface area contributed by atoms with Gasteiger partial charge in [0.05, 0.1) is 26.4 Å². The smallest absolute Gasteiger partial charge is 0.205 e. The summed E-state index contributed by atoms with van der Waals surface area (Å²) >= 11 is 0. The van der Waals surface area contributed by atoms with Crippen molar-refractivity contribution in [1.29, 1.82) is 0 Å². The van der Waals surface area contributed by atoms with Crippen LogP contribution in [0.5, 0.6) is 0 Å². The van der Waals surface area contributed by atoms with Gasteiger partial charge in [-0.15, -0.1) is 0 Å². The van der Waals surface area contributed by atoms with Crippen LogP contribution in [-0.2, 0) is 32.2 Å². The fourth-order valence-electron chi connectivity index (χ4n) is 3.96. The lowest BCUT2D eigenvalue weighted by Crippen LogP contribution is -2.69. The number of halogens is 1. The molecule has 0 bridgehead atoms. The highest BCUT2D eigenvalue weighted by Gasteiger charge is 2.65. The maximum absolute atomic E-state index is 15.2. The Bertz CT molecular complexity index is 703. The van der Waals surface area contributed by atoms with E-state index >= 15 is 4.39 Å². The van der Waals surface area contributed by atoms with Crippen molar-refractivity contribution in [2.75, 3.05) is 26.4 Å². The molecule has 4 nitrogen and oxygen atoms in total. The molecule has 0 heterocycles. The van der Waals surface area contributed by atoms with Crippen molar-refractivity contribution >= 4 is 0 Å². The second-order valence-corrected chi connectivity index (χ2v) is 7.26. The summed E-state index contributed by atoms with van der Waals surface area (Å²) < 4.78 is 38.6. The molecule has 0 aliphatic heterocycles. The molecule has 0 amide bonds. The molecule has 1 aliphatic carbocycles. The lowest BCUT2D eigenvalue weighted by Gasteiger charge is -2.55. The second kappa shape index (κ2) is 10.8. The Kier molecular flexibility index (Phi) is 8.19. The molecule has 2 unspecified atom stereocenters. The van der Waals surface area contributed by atoms with Crippen LogP contribution in [-0.4, -0.2) is 38.4 Å². The summed E-state index contributed by atoms with van der Waals surface area (Å²) in [6.07, 6.45) is -1.25. The predicted octanol–water partition coefficient (Wildman–Crippen LogP) is 4.77. The number of alkyl halides is 1. The topological polar surface area (TPSA) is 36.9 Å². The average molecular weight is 403 g/mol. The first-order valence-corrected chi connectivity index (χ1v) is 10.4. The van der Waals surface area contributed by atoms with E-state index in [-0.39, 0.29) is 11.8 Å². The minimum Gasteiger partial charge on any atom is -0.376 e. The van der Waals surface area contributed by atoms with E-state index in [9.17, 15) is 0 Å². The molecular formula is C24H31FO4. The van der Waals surface area contributed by atoms with Gasteiger partial charge in [0.2, 0.25) is 5.79 Å². The van der Waals surface area contributed by atoms with E-state index in [0.29, 0.717) is 39.6 Å². The van der Waals surface area contributed by atoms with E-state index in [1.165, 1.54) is 0 Å². The number of hydrogen-bond acceptors (Lipinski definition) is 4. The summed E-state index contributed by atoms with van der Waals surface area (Å²) in [6, 6.07) is 19.8. The maximum atomic E-state index is 15.2. The van der Waals surface area contributed by atoms with E-state index in [1.807, 2.05) is 74.5 Å². The van der Waals surface area contributed by atoms with E-state index in [4.69, 9.17) is 18.9 Å². The zero-order valence-electron chi connectivity index (χ0n) is 17.3. The van der Waals surface area contributed by atoms with Crippen LogP contribution in [0.2, 0.25) is 0 Å². The number of rotatable bonds is 12. The van der Waals surface area contributed by atoms with Gasteiger partial charge < -0.3 is 18.9 Å². The van der Waals surface area contributed by atoms with Crippen molar-refractivity contribution in [3.63, 3.8) is 0 Å². The van der Waals surface area contributed by atoms with Crippen molar-refractivity contribution in [2.24, 2.45) is 11.8 Å². The van der Waals surface area contributed by atoms with Crippen molar-refractivity contribution < 1.29 is 23.3 Å². The van der Waals surface area contributed by atoms with Gasteiger partial charge in [0, 0.05) is 25.0 Å². The summed E-state index contributed by atoms with van der Waals surface area (Å²) in [4.78, 5) is 0. The first-order valence-electron chi connectivity index (χ1n) is 10.4. The quantitative estimate of drug-likeness (QED) is 0.479. The molecule has 0 spiro atoms. The second-order valence-electron chi connectivity index (χ2n) is 7.26. The molecule has 1 fully saturated rings. The molecule has 29 heavy (non-hydrogen) atoms. The van der Waals surface area contributed by atoms with Crippen LogP contribution in [0.25, 0.3) is 0 Å². The molecule has 3 atom stereocenters. The molecule has 2 aromatic rings. The Morgan fingerprint density at radius 3 is 1.72 bits per heavy atom. The molecule has 1 aliphatic rings. The minimum atomic E-state index is -1.25. The van der Waals surface area contributed by atoms with Gasteiger partial charge in [-0.1, -0.05) is 60.7 Å². The van der Waals surface area contributed by atoms with Crippen LogP contribution in [0.3, 0.4) is 0 Å². The summed E-state index contributed by atoms with van der Waals surface area (Å²) in [7, 11) is 0. The molecule has 0 saturated heterocycles. The Labute approximate surface area is 172 Å². The maximum Gasteiger partial charge on any atom is 0.205 e. The fourth-order valence-corrected chi connectivity index (χ4v) is 3.96. The highest BCUT2D eigenvalue weighted by Crippen LogP contribution is 2.50. The summed E-state index contributed by atoms with van der Waals surface area (Å²) in [5, 5.41) is 0. The van der Waals surface area contributed by atoms with Gasteiger partial charge in [-0.3, -0.25) is 0 Å². The third-order valence-corrected chi connectivity index (χ3v) is 5.36. The molecule has 2 aromatic carbocycles. The Morgan fingerprint density at radius 2 is 1.24 bits per heavy atom. The van der Waals surface area contributed by atoms with Crippen LogP contribution >= 0.6 is 0 Å². The summed E-state index contributed by atoms with van der Waals surface area (Å²) in [5.41, 5.74) is 2.15.